The Labute approximate surface area is 143 Å². The van der Waals surface area contributed by atoms with E-state index in [0.717, 1.165) is 11.4 Å². The molecule has 0 aromatic carbocycles. The first-order valence-corrected chi connectivity index (χ1v) is 8.53. The molecule has 1 aromatic rings. The molecule has 24 heavy (non-hydrogen) atoms. The molecule has 1 aliphatic rings. The minimum absolute atomic E-state index is 0.116. The van der Waals surface area contributed by atoms with Crippen molar-refractivity contribution in [3.8, 4) is 0 Å². The van der Waals surface area contributed by atoms with Crippen LogP contribution < -0.4 is 0 Å². The molecule has 0 amide bonds. The van der Waals surface area contributed by atoms with Crippen molar-refractivity contribution in [2.24, 2.45) is 0 Å². The number of aliphatic hydroxyl groups is 3. The van der Waals surface area contributed by atoms with Crippen LogP contribution in [0.2, 0.25) is 0 Å². The maximum atomic E-state index is 10.5. The van der Waals surface area contributed by atoms with Gasteiger partial charge in [0.2, 0.25) is 0 Å². The molecule has 0 saturated heterocycles. The van der Waals surface area contributed by atoms with Crippen LogP contribution in [-0.2, 0) is 15.6 Å². The van der Waals surface area contributed by atoms with E-state index in [-0.39, 0.29) is 24.0 Å². The third kappa shape index (κ3) is 3.64. The van der Waals surface area contributed by atoms with Crippen molar-refractivity contribution in [3.63, 3.8) is 0 Å². The Morgan fingerprint density at radius 1 is 1.08 bits per heavy atom. The second kappa shape index (κ2) is 6.71. The minimum atomic E-state index is -1.00. The van der Waals surface area contributed by atoms with Crippen molar-refractivity contribution in [2.45, 2.75) is 83.1 Å². The number of hydrogen-bond acceptors (Lipinski definition) is 6. The molecule has 0 radical (unpaired) electrons. The Hall–Kier alpha value is -1.02. The molecule has 1 aliphatic carbocycles. The third-order valence-corrected chi connectivity index (χ3v) is 4.45. The summed E-state index contributed by atoms with van der Waals surface area (Å²) < 4.78 is 7.23. The smallest absolute Gasteiger partial charge is 0.108 e. The fourth-order valence-electron chi connectivity index (χ4n) is 3.31. The molecule has 0 aliphatic heterocycles. The van der Waals surface area contributed by atoms with E-state index < -0.39 is 24.4 Å². The predicted molar refractivity (Wildman–Crippen MR) is 89.9 cm³/mol. The normalized spacial score (nSPS) is 28.5. The van der Waals surface area contributed by atoms with Crippen molar-refractivity contribution in [1.82, 2.24) is 15.0 Å². The van der Waals surface area contributed by atoms with Crippen LogP contribution in [0.25, 0.3) is 0 Å². The van der Waals surface area contributed by atoms with E-state index in [2.05, 4.69) is 51.9 Å². The molecule has 1 fully saturated rings. The molecule has 2 rings (SSSR count). The molecule has 3 N–H and O–H groups in total. The number of ether oxygens (including phenoxy) is 1. The lowest BCUT2D eigenvalue weighted by Crippen LogP contribution is -2.34. The van der Waals surface area contributed by atoms with E-state index in [1.54, 1.807) is 4.68 Å². The largest absolute Gasteiger partial charge is 0.394 e. The summed E-state index contributed by atoms with van der Waals surface area (Å²) >= 11 is 0. The summed E-state index contributed by atoms with van der Waals surface area (Å²) in [5, 5.41) is 38.4. The van der Waals surface area contributed by atoms with E-state index in [0.29, 0.717) is 6.42 Å². The van der Waals surface area contributed by atoms with Crippen LogP contribution in [-0.4, -0.2) is 61.8 Å². The maximum Gasteiger partial charge on any atom is 0.108 e. The van der Waals surface area contributed by atoms with Gasteiger partial charge in [0.15, 0.2) is 0 Å². The van der Waals surface area contributed by atoms with Crippen LogP contribution in [0, 0.1) is 0 Å². The van der Waals surface area contributed by atoms with Gasteiger partial charge in [-0.2, -0.15) is 0 Å². The highest BCUT2D eigenvalue weighted by Gasteiger charge is 2.46. The number of aromatic nitrogens is 3. The third-order valence-electron chi connectivity index (χ3n) is 4.45. The van der Waals surface area contributed by atoms with Crippen molar-refractivity contribution < 1.29 is 20.1 Å². The van der Waals surface area contributed by atoms with Gasteiger partial charge in [0, 0.05) is 17.3 Å². The number of nitrogens with zero attached hydrogens (tertiary/aromatic N) is 3. The topological polar surface area (TPSA) is 101 Å². The SMILES string of the molecule is CC(C)(C)c1nnn([C@@H]2C[C@H](OCCO)[C@@H](O)[C@H]2O)c1C(C)(C)C. The van der Waals surface area contributed by atoms with E-state index in [1.807, 2.05) is 0 Å². The van der Waals surface area contributed by atoms with Gasteiger partial charge in [0.05, 0.1) is 36.7 Å². The average Bonchev–Trinajstić information content (AvgIpc) is 3.00. The Kier molecular flexibility index (Phi) is 5.40. The van der Waals surface area contributed by atoms with Crippen LogP contribution in [0.15, 0.2) is 0 Å². The van der Waals surface area contributed by atoms with Gasteiger partial charge in [-0.1, -0.05) is 46.8 Å². The van der Waals surface area contributed by atoms with Gasteiger partial charge < -0.3 is 20.1 Å². The minimum Gasteiger partial charge on any atom is -0.394 e. The molecule has 138 valence electrons. The first-order chi connectivity index (χ1) is 11.0. The Morgan fingerprint density at radius 3 is 2.21 bits per heavy atom. The van der Waals surface area contributed by atoms with Gasteiger partial charge in [0.25, 0.3) is 0 Å². The highest BCUT2D eigenvalue weighted by atomic mass is 16.5. The Bertz CT molecular complexity index is 559. The van der Waals surface area contributed by atoms with Crippen LogP contribution in [0.5, 0.6) is 0 Å². The summed E-state index contributed by atoms with van der Waals surface area (Å²) in [6.45, 7) is 12.6. The standard InChI is InChI=1S/C17H31N3O4/c1-16(2,3)14-15(17(4,5)6)20(19-18-14)10-9-11(24-8-7-21)13(23)12(10)22/h10-13,21-23H,7-9H2,1-6H3/t10-,11+,12+,13-/m1/s1. The van der Waals surface area contributed by atoms with Crippen LogP contribution in [0.1, 0.15) is 65.4 Å². The quantitative estimate of drug-likeness (QED) is 0.753. The zero-order valence-electron chi connectivity index (χ0n) is 15.5. The van der Waals surface area contributed by atoms with E-state index >= 15 is 0 Å². The zero-order valence-corrected chi connectivity index (χ0v) is 15.5. The van der Waals surface area contributed by atoms with Crippen molar-refractivity contribution in [3.05, 3.63) is 11.4 Å². The number of rotatable bonds is 4. The van der Waals surface area contributed by atoms with Crippen LogP contribution >= 0.6 is 0 Å². The number of hydrogen-bond donors (Lipinski definition) is 3. The summed E-state index contributed by atoms with van der Waals surface area (Å²) in [6.07, 6.45) is -2.08. The Balaban J connectivity index is 2.41. The maximum absolute atomic E-state index is 10.5. The lowest BCUT2D eigenvalue weighted by atomic mass is 9.81. The summed E-state index contributed by atoms with van der Waals surface area (Å²) in [6, 6.07) is -0.401. The van der Waals surface area contributed by atoms with Crippen molar-refractivity contribution in [2.75, 3.05) is 13.2 Å². The molecule has 0 bridgehead atoms. The molecule has 7 nitrogen and oxygen atoms in total. The van der Waals surface area contributed by atoms with Crippen LogP contribution in [0.3, 0.4) is 0 Å². The highest BCUT2D eigenvalue weighted by Crippen LogP contribution is 2.39. The molecule has 7 heteroatoms. The lowest BCUT2D eigenvalue weighted by Gasteiger charge is -2.28. The Morgan fingerprint density at radius 2 is 1.71 bits per heavy atom. The fraction of sp³-hybridized carbons (Fsp3) is 0.882. The van der Waals surface area contributed by atoms with Gasteiger partial charge in [-0.25, -0.2) is 4.68 Å². The summed E-state index contributed by atoms with van der Waals surface area (Å²) in [4.78, 5) is 0. The van der Waals surface area contributed by atoms with Crippen molar-refractivity contribution >= 4 is 0 Å². The van der Waals surface area contributed by atoms with E-state index in [9.17, 15) is 10.2 Å². The second-order valence-corrected chi connectivity index (χ2v) is 8.65. The fourth-order valence-corrected chi connectivity index (χ4v) is 3.31. The van der Waals surface area contributed by atoms with Crippen molar-refractivity contribution in [1.29, 1.82) is 0 Å². The molecule has 0 unspecified atom stereocenters. The highest BCUT2D eigenvalue weighted by molar-refractivity contribution is 5.26. The predicted octanol–water partition coefficient (Wildman–Crippen LogP) is 0.917. The first-order valence-electron chi connectivity index (χ1n) is 8.53. The van der Waals surface area contributed by atoms with Gasteiger partial charge >= 0.3 is 0 Å². The summed E-state index contributed by atoms with van der Waals surface area (Å²) in [5.41, 5.74) is 1.49. The van der Waals surface area contributed by atoms with Gasteiger partial charge in [-0.15, -0.1) is 5.10 Å². The second-order valence-electron chi connectivity index (χ2n) is 8.65. The van der Waals surface area contributed by atoms with E-state index in [4.69, 9.17) is 9.84 Å². The summed E-state index contributed by atoms with van der Waals surface area (Å²) in [5.74, 6) is 0. The molecule has 1 heterocycles. The van der Waals surface area contributed by atoms with E-state index in [1.165, 1.54) is 0 Å². The molecular weight excluding hydrogens is 310 g/mol. The average molecular weight is 341 g/mol. The first kappa shape index (κ1) is 19.3. The molecule has 1 aromatic heterocycles. The number of aliphatic hydroxyl groups excluding tert-OH is 3. The zero-order chi connectivity index (χ0) is 18.3. The van der Waals surface area contributed by atoms with Crippen LogP contribution in [0.4, 0.5) is 0 Å². The molecule has 0 spiro atoms. The van der Waals surface area contributed by atoms with Gasteiger partial charge in [-0.3, -0.25) is 0 Å². The van der Waals surface area contributed by atoms with Gasteiger partial charge in [0.1, 0.15) is 12.2 Å². The molecular formula is C17H31N3O4. The monoisotopic (exact) mass is 341 g/mol. The summed E-state index contributed by atoms with van der Waals surface area (Å²) in [7, 11) is 0. The van der Waals surface area contributed by atoms with Gasteiger partial charge in [-0.05, 0) is 0 Å². The molecule has 4 atom stereocenters. The lowest BCUT2D eigenvalue weighted by molar-refractivity contribution is -0.0631. The molecule has 1 saturated carbocycles.